The van der Waals surface area contributed by atoms with Gasteiger partial charge in [-0.2, -0.15) is 0 Å². The highest BCUT2D eigenvalue weighted by Gasteiger charge is 2.18. The van der Waals surface area contributed by atoms with Crippen LogP contribution in [0.15, 0.2) is 12.1 Å². The Morgan fingerprint density at radius 2 is 2.00 bits per heavy atom. The zero-order chi connectivity index (χ0) is 15.6. The second kappa shape index (κ2) is 6.44. The summed E-state index contributed by atoms with van der Waals surface area (Å²) >= 11 is 1.12. The minimum absolute atomic E-state index is 0.107. The van der Waals surface area contributed by atoms with Crippen molar-refractivity contribution in [2.45, 2.75) is 13.3 Å². The van der Waals surface area contributed by atoms with Crippen molar-refractivity contribution in [3.8, 4) is 0 Å². The number of thiazole rings is 1. The summed E-state index contributed by atoms with van der Waals surface area (Å²) in [6.45, 7) is 2.77. The number of rotatable bonds is 5. The lowest BCUT2D eigenvalue weighted by Crippen LogP contribution is -2.31. The van der Waals surface area contributed by atoms with Gasteiger partial charge in [0.05, 0.1) is 4.70 Å². The molecule has 1 heterocycles. The van der Waals surface area contributed by atoms with Crippen LogP contribution in [0.2, 0.25) is 0 Å². The van der Waals surface area contributed by atoms with Crippen LogP contribution >= 0.6 is 11.3 Å². The summed E-state index contributed by atoms with van der Waals surface area (Å²) in [6, 6.07) is 2.04. The maximum Gasteiger partial charge on any atom is 0.225 e. The second-order valence-electron chi connectivity index (χ2n) is 5.06. The topological polar surface area (TPSA) is 36.4 Å². The van der Waals surface area contributed by atoms with Crippen LogP contribution in [0.3, 0.4) is 0 Å². The van der Waals surface area contributed by atoms with Crippen LogP contribution < -0.4 is 4.90 Å². The lowest BCUT2D eigenvalue weighted by molar-refractivity contribution is -0.116. The van der Waals surface area contributed by atoms with Gasteiger partial charge in [0.25, 0.3) is 0 Å². The summed E-state index contributed by atoms with van der Waals surface area (Å²) in [7, 11) is 3.90. The third-order valence-electron chi connectivity index (χ3n) is 3.00. The number of hydrogen-bond acceptors (Lipinski definition) is 4. The summed E-state index contributed by atoms with van der Waals surface area (Å²) in [4.78, 5) is 19.4. The van der Waals surface area contributed by atoms with Crippen LogP contribution in [0.4, 0.5) is 13.9 Å². The molecular weight excluding hydrogens is 296 g/mol. The second-order valence-corrected chi connectivity index (χ2v) is 6.07. The van der Waals surface area contributed by atoms with E-state index in [-0.39, 0.29) is 11.4 Å². The van der Waals surface area contributed by atoms with Gasteiger partial charge in [-0.15, -0.1) is 0 Å². The van der Waals surface area contributed by atoms with Gasteiger partial charge in [0, 0.05) is 19.5 Å². The van der Waals surface area contributed by atoms with Crippen molar-refractivity contribution >= 4 is 32.6 Å². The Kier molecular flexibility index (Phi) is 4.84. The highest BCUT2D eigenvalue weighted by Crippen LogP contribution is 2.31. The molecule has 0 unspecified atom stereocenters. The highest BCUT2D eigenvalue weighted by molar-refractivity contribution is 7.22. The standard InChI is InChI=1S/C14H17F2N3OS/c1-9(20)19(6-4-5-18(2)3)14-17-13-11(16)7-10(15)8-12(13)21-14/h7-8H,4-6H2,1-3H3. The number of fused-ring (bicyclic) bond motifs is 1. The third kappa shape index (κ3) is 3.74. The van der Waals surface area contributed by atoms with E-state index in [1.165, 1.54) is 17.9 Å². The molecule has 0 saturated heterocycles. The fourth-order valence-corrected chi connectivity index (χ4v) is 3.07. The molecule has 0 N–H and O–H groups in total. The number of hydrogen-bond donors (Lipinski definition) is 0. The molecule has 0 spiro atoms. The Bertz CT molecular complexity index is 657. The van der Waals surface area contributed by atoms with Gasteiger partial charge in [0.1, 0.15) is 11.3 Å². The molecule has 21 heavy (non-hydrogen) atoms. The Morgan fingerprint density at radius 3 is 2.62 bits per heavy atom. The molecule has 7 heteroatoms. The Morgan fingerprint density at radius 1 is 1.29 bits per heavy atom. The van der Waals surface area contributed by atoms with Gasteiger partial charge in [-0.25, -0.2) is 13.8 Å². The normalized spacial score (nSPS) is 11.3. The third-order valence-corrected chi connectivity index (χ3v) is 4.03. The Labute approximate surface area is 126 Å². The average molecular weight is 313 g/mol. The molecule has 0 aliphatic carbocycles. The lowest BCUT2D eigenvalue weighted by Gasteiger charge is -2.19. The molecule has 2 aromatic rings. The fraction of sp³-hybridized carbons (Fsp3) is 0.429. The predicted molar refractivity (Wildman–Crippen MR) is 80.7 cm³/mol. The quantitative estimate of drug-likeness (QED) is 0.851. The van der Waals surface area contributed by atoms with Crippen molar-refractivity contribution in [1.82, 2.24) is 9.88 Å². The molecule has 1 aromatic carbocycles. The van der Waals surface area contributed by atoms with Gasteiger partial charge in [0.2, 0.25) is 5.91 Å². The number of halogens is 2. The van der Waals surface area contributed by atoms with Gasteiger partial charge in [-0.1, -0.05) is 11.3 Å². The number of aromatic nitrogens is 1. The van der Waals surface area contributed by atoms with Gasteiger partial charge in [-0.05, 0) is 33.1 Å². The van der Waals surface area contributed by atoms with E-state index in [1.807, 2.05) is 19.0 Å². The van der Waals surface area contributed by atoms with Gasteiger partial charge in [0.15, 0.2) is 10.9 Å². The fourth-order valence-electron chi connectivity index (χ4n) is 1.99. The van der Waals surface area contributed by atoms with E-state index in [0.717, 1.165) is 30.4 Å². The van der Waals surface area contributed by atoms with E-state index < -0.39 is 11.6 Å². The molecule has 4 nitrogen and oxygen atoms in total. The van der Waals surface area contributed by atoms with Crippen LogP contribution in [0.5, 0.6) is 0 Å². The van der Waals surface area contributed by atoms with E-state index in [2.05, 4.69) is 4.98 Å². The first-order valence-corrected chi connectivity index (χ1v) is 7.38. The number of amides is 1. The van der Waals surface area contributed by atoms with Crippen LogP contribution in [0, 0.1) is 11.6 Å². The SMILES string of the molecule is CC(=O)N(CCCN(C)C)c1nc2c(F)cc(F)cc2s1. The monoisotopic (exact) mass is 313 g/mol. The molecule has 0 aliphatic rings. The predicted octanol–water partition coefficient (Wildman–Crippen LogP) is 2.88. The molecule has 2 rings (SSSR count). The van der Waals surface area contributed by atoms with Crippen LogP contribution in [0.25, 0.3) is 10.2 Å². The zero-order valence-electron chi connectivity index (χ0n) is 12.2. The van der Waals surface area contributed by atoms with E-state index in [0.29, 0.717) is 16.4 Å². The summed E-state index contributed by atoms with van der Waals surface area (Å²) in [5.41, 5.74) is 0.107. The van der Waals surface area contributed by atoms with Gasteiger partial charge < -0.3 is 4.90 Å². The number of anilines is 1. The molecule has 1 aromatic heterocycles. The molecule has 0 bridgehead atoms. The van der Waals surface area contributed by atoms with Crippen molar-refractivity contribution in [1.29, 1.82) is 0 Å². The zero-order valence-corrected chi connectivity index (χ0v) is 13.0. The molecule has 0 atom stereocenters. The maximum absolute atomic E-state index is 13.7. The molecule has 0 radical (unpaired) electrons. The first-order chi connectivity index (χ1) is 9.88. The number of benzene rings is 1. The molecule has 0 fully saturated rings. The summed E-state index contributed by atoms with van der Waals surface area (Å²) < 4.78 is 27.3. The smallest absolute Gasteiger partial charge is 0.225 e. The van der Waals surface area contributed by atoms with E-state index in [1.54, 1.807) is 0 Å². The summed E-state index contributed by atoms with van der Waals surface area (Å²) in [6.07, 6.45) is 0.777. The van der Waals surface area contributed by atoms with Crippen LogP contribution in [-0.2, 0) is 4.79 Å². The van der Waals surface area contributed by atoms with Crippen molar-refractivity contribution in [3.05, 3.63) is 23.8 Å². The van der Waals surface area contributed by atoms with Crippen molar-refractivity contribution < 1.29 is 13.6 Å². The van der Waals surface area contributed by atoms with Gasteiger partial charge >= 0.3 is 0 Å². The van der Waals surface area contributed by atoms with E-state index in [4.69, 9.17) is 0 Å². The Hall–Kier alpha value is -1.60. The van der Waals surface area contributed by atoms with Crippen molar-refractivity contribution in [2.75, 3.05) is 32.1 Å². The number of nitrogens with zero attached hydrogens (tertiary/aromatic N) is 3. The van der Waals surface area contributed by atoms with Crippen molar-refractivity contribution in [2.24, 2.45) is 0 Å². The largest absolute Gasteiger partial charge is 0.309 e. The molecule has 0 saturated carbocycles. The Balaban J connectivity index is 2.28. The average Bonchev–Trinajstić information content (AvgIpc) is 2.77. The summed E-state index contributed by atoms with van der Waals surface area (Å²) in [5.74, 6) is -1.50. The van der Waals surface area contributed by atoms with Crippen molar-refractivity contribution in [3.63, 3.8) is 0 Å². The minimum atomic E-state index is -0.704. The minimum Gasteiger partial charge on any atom is -0.309 e. The molecule has 114 valence electrons. The van der Waals surface area contributed by atoms with Crippen LogP contribution in [-0.4, -0.2) is 43.0 Å². The molecule has 1 amide bonds. The number of carbonyl (C=O) groups is 1. The molecule has 0 aliphatic heterocycles. The number of carbonyl (C=O) groups excluding carboxylic acids is 1. The first-order valence-electron chi connectivity index (χ1n) is 6.57. The van der Waals surface area contributed by atoms with Crippen LogP contribution in [0.1, 0.15) is 13.3 Å². The summed E-state index contributed by atoms with van der Waals surface area (Å²) in [5, 5.41) is 0.403. The highest BCUT2D eigenvalue weighted by atomic mass is 32.1. The van der Waals surface area contributed by atoms with E-state index in [9.17, 15) is 13.6 Å². The lowest BCUT2D eigenvalue weighted by atomic mass is 10.3. The van der Waals surface area contributed by atoms with Gasteiger partial charge in [-0.3, -0.25) is 9.69 Å². The van der Waals surface area contributed by atoms with E-state index >= 15 is 0 Å². The molecular formula is C14H17F2N3OS. The maximum atomic E-state index is 13.7. The first kappa shape index (κ1) is 15.8.